The minimum atomic E-state index is 0.0965. The Morgan fingerprint density at radius 2 is 1.85 bits per heavy atom. The highest BCUT2D eigenvalue weighted by Gasteiger charge is 2.18. The number of hydrogen-bond acceptors (Lipinski definition) is 4. The summed E-state index contributed by atoms with van der Waals surface area (Å²) in [5.74, 6) is 0.839. The Bertz CT molecular complexity index is 887. The molecular weight excluding hydrogens is 340 g/mol. The second kappa shape index (κ2) is 8.73. The molecule has 0 aliphatic rings. The fourth-order valence-electron chi connectivity index (χ4n) is 3.02. The van der Waals surface area contributed by atoms with Gasteiger partial charge in [-0.2, -0.15) is 0 Å². The van der Waals surface area contributed by atoms with E-state index in [9.17, 15) is 4.79 Å². The quantitative estimate of drug-likeness (QED) is 0.611. The summed E-state index contributed by atoms with van der Waals surface area (Å²) in [4.78, 5) is 17.0. The molecule has 0 aliphatic carbocycles. The van der Waals surface area contributed by atoms with Gasteiger partial charge in [-0.3, -0.25) is 4.79 Å². The fraction of sp³-hybridized carbons (Fsp3) is 0.318. The standard InChI is InChI=1S/C22H26N2O3/c1-23(2)11-12-24(15-17-7-5-4-6-8-17)22(25)13-18-16-27-21-14-19(26-3)9-10-20(18)21/h4-10,14,16H,11-13,15H2,1-3H3. The fourth-order valence-corrected chi connectivity index (χ4v) is 3.02. The number of hydrogen-bond donors (Lipinski definition) is 0. The normalized spacial score (nSPS) is 11.1. The van der Waals surface area contributed by atoms with Crippen LogP contribution >= 0.6 is 0 Å². The summed E-state index contributed by atoms with van der Waals surface area (Å²) in [6.45, 7) is 2.11. The average Bonchev–Trinajstić information content (AvgIpc) is 3.07. The van der Waals surface area contributed by atoms with Gasteiger partial charge in [0.2, 0.25) is 5.91 Å². The van der Waals surface area contributed by atoms with E-state index in [1.54, 1.807) is 13.4 Å². The Labute approximate surface area is 160 Å². The van der Waals surface area contributed by atoms with E-state index in [1.165, 1.54) is 0 Å². The van der Waals surface area contributed by atoms with Crippen LogP contribution in [-0.2, 0) is 17.8 Å². The van der Waals surface area contributed by atoms with E-state index in [0.29, 0.717) is 19.5 Å². The van der Waals surface area contributed by atoms with Crippen LogP contribution < -0.4 is 4.74 Å². The van der Waals surface area contributed by atoms with Crippen molar-refractivity contribution in [1.29, 1.82) is 0 Å². The SMILES string of the molecule is COc1ccc2c(CC(=O)N(CCN(C)C)Cc3ccccc3)coc2c1. The lowest BCUT2D eigenvalue weighted by molar-refractivity contribution is -0.131. The third-order valence-corrected chi connectivity index (χ3v) is 4.59. The Morgan fingerprint density at radius 3 is 2.56 bits per heavy atom. The van der Waals surface area contributed by atoms with Crippen molar-refractivity contribution in [1.82, 2.24) is 9.80 Å². The van der Waals surface area contributed by atoms with Crippen molar-refractivity contribution in [3.63, 3.8) is 0 Å². The van der Waals surface area contributed by atoms with Gasteiger partial charge in [-0.15, -0.1) is 0 Å². The summed E-state index contributed by atoms with van der Waals surface area (Å²) in [6, 6.07) is 15.8. The summed E-state index contributed by atoms with van der Waals surface area (Å²) in [5.41, 5.74) is 2.77. The zero-order valence-corrected chi connectivity index (χ0v) is 16.1. The van der Waals surface area contributed by atoms with Gasteiger partial charge < -0.3 is 19.0 Å². The first-order valence-corrected chi connectivity index (χ1v) is 9.07. The van der Waals surface area contributed by atoms with Crippen molar-refractivity contribution in [2.75, 3.05) is 34.3 Å². The number of ether oxygens (including phenoxy) is 1. The lowest BCUT2D eigenvalue weighted by atomic mass is 10.1. The van der Waals surface area contributed by atoms with Crippen molar-refractivity contribution in [2.24, 2.45) is 0 Å². The van der Waals surface area contributed by atoms with E-state index in [2.05, 4.69) is 17.0 Å². The van der Waals surface area contributed by atoms with Crippen molar-refractivity contribution >= 4 is 16.9 Å². The number of fused-ring (bicyclic) bond motifs is 1. The highest BCUT2D eigenvalue weighted by atomic mass is 16.5. The smallest absolute Gasteiger partial charge is 0.227 e. The Morgan fingerprint density at radius 1 is 1.07 bits per heavy atom. The molecule has 0 bridgehead atoms. The van der Waals surface area contributed by atoms with E-state index in [-0.39, 0.29) is 5.91 Å². The maximum atomic E-state index is 13.0. The zero-order chi connectivity index (χ0) is 19.2. The number of benzene rings is 2. The first-order chi connectivity index (χ1) is 13.1. The molecule has 0 aliphatic heterocycles. The molecule has 0 fully saturated rings. The zero-order valence-electron chi connectivity index (χ0n) is 16.1. The van der Waals surface area contributed by atoms with Gasteiger partial charge in [-0.25, -0.2) is 0 Å². The van der Waals surface area contributed by atoms with Gasteiger partial charge in [0, 0.05) is 36.7 Å². The van der Waals surface area contributed by atoms with E-state index in [0.717, 1.165) is 34.4 Å². The van der Waals surface area contributed by atoms with E-state index in [1.807, 2.05) is 55.4 Å². The second-order valence-electron chi connectivity index (χ2n) is 6.90. The van der Waals surface area contributed by atoms with Gasteiger partial charge in [0.15, 0.2) is 0 Å². The van der Waals surface area contributed by atoms with Crippen LogP contribution in [0.15, 0.2) is 59.2 Å². The molecule has 0 saturated heterocycles. The summed E-state index contributed by atoms with van der Waals surface area (Å²) in [6.07, 6.45) is 1.99. The summed E-state index contributed by atoms with van der Waals surface area (Å²) in [7, 11) is 5.66. The topological polar surface area (TPSA) is 45.9 Å². The van der Waals surface area contributed by atoms with Gasteiger partial charge in [0.25, 0.3) is 0 Å². The van der Waals surface area contributed by atoms with E-state index < -0.39 is 0 Å². The van der Waals surface area contributed by atoms with Gasteiger partial charge in [0.1, 0.15) is 11.3 Å². The number of carbonyl (C=O) groups excluding carboxylic acids is 1. The molecule has 0 radical (unpaired) electrons. The van der Waals surface area contributed by atoms with Crippen LogP contribution in [0.3, 0.4) is 0 Å². The van der Waals surface area contributed by atoms with Crippen molar-refractivity contribution < 1.29 is 13.9 Å². The van der Waals surface area contributed by atoms with Gasteiger partial charge >= 0.3 is 0 Å². The predicted octanol–water partition coefficient (Wildman–Crippen LogP) is 3.57. The number of rotatable bonds is 8. The lowest BCUT2D eigenvalue weighted by Crippen LogP contribution is -2.37. The van der Waals surface area contributed by atoms with Crippen LogP contribution in [0.2, 0.25) is 0 Å². The summed E-state index contributed by atoms with van der Waals surface area (Å²) in [5, 5.41) is 0.955. The molecule has 1 amide bonds. The highest BCUT2D eigenvalue weighted by Crippen LogP contribution is 2.26. The van der Waals surface area contributed by atoms with Crippen LogP contribution in [0, 0.1) is 0 Å². The predicted molar refractivity (Wildman–Crippen MR) is 107 cm³/mol. The third-order valence-electron chi connectivity index (χ3n) is 4.59. The number of furan rings is 1. The molecule has 3 rings (SSSR count). The molecule has 0 unspecified atom stereocenters. The van der Waals surface area contributed by atoms with Gasteiger partial charge in [-0.1, -0.05) is 30.3 Å². The van der Waals surface area contributed by atoms with Crippen LogP contribution in [0.4, 0.5) is 0 Å². The van der Waals surface area contributed by atoms with Crippen molar-refractivity contribution in [3.8, 4) is 5.75 Å². The van der Waals surface area contributed by atoms with Crippen molar-refractivity contribution in [3.05, 3.63) is 65.9 Å². The van der Waals surface area contributed by atoms with Crippen LogP contribution in [-0.4, -0.2) is 50.0 Å². The van der Waals surface area contributed by atoms with Crippen LogP contribution in [0.1, 0.15) is 11.1 Å². The number of amides is 1. The largest absolute Gasteiger partial charge is 0.497 e. The highest BCUT2D eigenvalue weighted by molar-refractivity contribution is 5.88. The molecule has 0 atom stereocenters. The number of nitrogens with zero attached hydrogens (tertiary/aromatic N) is 2. The maximum Gasteiger partial charge on any atom is 0.227 e. The molecule has 5 heteroatoms. The molecular formula is C22H26N2O3. The average molecular weight is 366 g/mol. The van der Waals surface area contributed by atoms with Crippen molar-refractivity contribution in [2.45, 2.75) is 13.0 Å². The van der Waals surface area contributed by atoms with Gasteiger partial charge in [0.05, 0.1) is 19.8 Å². The summed E-state index contributed by atoms with van der Waals surface area (Å²) >= 11 is 0. The molecule has 1 heterocycles. The lowest BCUT2D eigenvalue weighted by Gasteiger charge is -2.24. The van der Waals surface area contributed by atoms with Crippen LogP contribution in [0.25, 0.3) is 11.0 Å². The first kappa shape index (κ1) is 19.0. The molecule has 0 spiro atoms. The van der Waals surface area contributed by atoms with E-state index in [4.69, 9.17) is 9.15 Å². The maximum absolute atomic E-state index is 13.0. The van der Waals surface area contributed by atoms with Gasteiger partial charge in [-0.05, 0) is 31.8 Å². The monoisotopic (exact) mass is 366 g/mol. The number of methoxy groups -OCH3 is 1. The molecule has 27 heavy (non-hydrogen) atoms. The molecule has 142 valence electrons. The van der Waals surface area contributed by atoms with E-state index >= 15 is 0 Å². The molecule has 3 aromatic rings. The minimum Gasteiger partial charge on any atom is -0.497 e. The van der Waals surface area contributed by atoms with Crippen LogP contribution in [0.5, 0.6) is 5.75 Å². The molecule has 0 saturated carbocycles. The Balaban J connectivity index is 1.77. The first-order valence-electron chi connectivity index (χ1n) is 9.07. The third kappa shape index (κ3) is 4.89. The number of likely N-dealkylation sites (N-methyl/N-ethyl adjacent to an activating group) is 1. The second-order valence-corrected chi connectivity index (χ2v) is 6.90. The molecule has 2 aromatic carbocycles. The number of carbonyl (C=O) groups is 1. The molecule has 5 nitrogen and oxygen atoms in total. The summed E-state index contributed by atoms with van der Waals surface area (Å²) < 4.78 is 10.9. The Kier molecular flexibility index (Phi) is 6.14. The minimum absolute atomic E-state index is 0.0965. The Hall–Kier alpha value is -2.79. The molecule has 1 aromatic heterocycles. The molecule has 0 N–H and O–H groups in total.